The molecular formula is C13H13ClN4S. The molecule has 6 heteroatoms. The first kappa shape index (κ1) is 12.8. The highest BCUT2D eigenvalue weighted by Gasteiger charge is 2.50. The van der Waals surface area contributed by atoms with Gasteiger partial charge in [0, 0.05) is 5.56 Å². The zero-order valence-electron chi connectivity index (χ0n) is 10.7. The van der Waals surface area contributed by atoms with Crippen LogP contribution in [0.1, 0.15) is 24.2 Å². The van der Waals surface area contributed by atoms with E-state index >= 15 is 0 Å². The molecule has 0 radical (unpaired) electrons. The average Bonchev–Trinajstić information content (AvgIpc) is 3.17. The summed E-state index contributed by atoms with van der Waals surface area (Å²) in [6.45, 7) is 1.86. The molecule has 2 heterocycles. The molecule has 1 unspecified atom stereocenters. The van der Waals surface area contributed by atoms with Gasteiger partial charge in [0.15, 0.2) is 0 Å². The molecule has 1 aliphatic heterocycles. The second-order valence-electron chi connectivity index (χ2n) is 4.84. The minimum atomic E-state index is -0.377. The maximum absolute atomic E-state index is 9.33. The minimum Gasteiger partial charge on any atom is -0.350 e. The lowest BCUT2D eigenvalue weighted by Crippen LogP contribution is -2.26. The van der Waals surface area contributed by atoms with Crippen molar-refractivity contribution in [3.05, 3.63) is 17.0 Å². The molecule has 3 rings (SSSR count). The number of aryl methyl sites for hydroxylation is 1. The molecule has 1 aromatic rings. The molecule has 0 spiro atoms. The third kappa shape index (κ3) is 1.99. The molecule has 1 aliphatic carbocycles. The lowest BCUT2D eigenvalue weighted by molar-refractivity contribution is 0.762. The zero-order valence-corrected chi connectivity index (χ0v) is 12.3. The summed E-state index contributed by atoms with van der Waals surface area (Å²) in [4.78, 5) is 8.82. The first-order valence-electron chi connectivity index (χ1n) is 6.06. The van der Waals surface area contributed by atoms with Crippen molar-refractivity contribution < 1.29 is 0 Å². The van der Waals surface area contributed by atoms with Gasteiger partial charge in [-0.3, -0.25) is 0 Å². The van der Waals surface area contributed by atoms with Crippen LogP contribution in [0.5, 0.6) is 0 Å². The molecule has 1 atom stereocenters. The van der Waals surface area contributed by atoms with E-state index in [1.807, 2.05) is 19.3 Å². The molecule has 1 fully saturated rings. The molecule has 4 nitrogen and oxygen atoms in total. The van der Waals surface area contributed by atoms with Crippen LogP contribution < -0.4 is 5.32 Å². The summed E-state index contributed by atoms with van der Waals surface area (Å²) in [7, 11) is 0. The van der Waals surface area contributed by atoms with Crippen LogP contribution in [-0.2, 0) is 0 Å². The molecule has 0 saturated heterocycles. The molecule has 1 aromatic heterocycles. The molecule has 1 N–H and O–H groups in total. The Kier molecular flexibility index (Phi) is 2.95. The van der Waals surface area contributed by atoms with Gasteiger partial charge in [0.1, 0.15) is 22.2 Å². The van der Waals surface area contributed by atoms with E-state index in [0.717, 1.165) is 40.6 Å². The van der Waals surface area contributed by atoms with Crippen molar-refractivity contribution in [1.82, 2.24) is 9.97 Å². The Bertz CT molecular complexity index is 616. The lowest BCUT2D eigenvalue weighted by atomic mass is 9.93. The number of aromatic nitrogens is 2. The molecule has 0 bridgehead atoms. The number of fused-ring (bicyclic) bond motifs is 1. The van der Waals surface area contributed by atoms with Gasteiger partial charge < -0.3 is 5.32 Å². The van der Waals surface area contributed by atoms with Gasteiger partial charge in [0.2, 0.25) is 0 Å². The number of nitriles is 1. The van der Waals surface area contributed by atoms with E-state index in [4.69, 9.17) is 11.6 Å². The standard InChI is InChI=1S/C13H13ClN4S/c1-7-16-11-8(12(17-7)19-2)5-9(10(14)18-11)13(6-15)3-4-13/h5,10H,3-4H2,1-2H3,(H,16,17,18). The fourth-order valence-electron chi connectivity index (χ4n) is 2.35. The number of hydrogen-bond acceptors (Lipinski definition) is 5. The number of anilines is 1. The highest BCUT2D eigenvalue weighted by atomic mass is 35.5. The van der Waals surface area contributed by atoms with Crippen LogP contribution in [0.15, 0.2) is 10.6 Å². The fraction of sp³-hybridized carbons (Fsp3) is 0.462. The number of nitrogens with zero attached hydrogens (tertiary/aromatic N) is 3. The molecule has 0 aromatic carbocycles. The van der Waals surface area contributed by atoms with Crippen LogP contribution in [0, 0.1) is 23.7 Å². The second kappa shape index (κ2) is 4.39. The highest BCUT2D eigenvalue weighted by Crippen LogP contribution is 2.55. The van der Waals surface area contributed by atoms with Gasteiger partial charge >= 0.3 is 0 Å². The van der Waals surface area contributed by atoms with Crippen molar-refractivity contribution in [3.8, 4) is 6.07 Å². The normalized spacial score (nSPS) is 22.8. The molecule has 19 heavy (non-hydrogen) atoms. The highest BCUT2D eigenvalue weighted by molar-refractivity contribution is 7.98. The summed E-state index contributed by atoms with van der Waals surface area (Å²) < 4.78 is 0. The van der Waals surface area contributed by atoms with Crippen LogP contribution in [-0.4, -0.2) is 21.7 Å². The summed E-state index contributed by atoms with van der Waals surface area (Å²) >= 11 is 7.94. The maximum Gasteiger partial charge on any atom is 0.139 e. The number of alkyl halides is 1. The smallest absolute Gasteiger partial charge is 0.139 e. The molecule has 0 amide bonds. The van der Waals surface area contributed by atoms with E-state index in [1.54, 1.807) is 11.8 Å². The summed E-state index contributed by atoms with van der Waals surface area (Å²) in [5.41, 5.74) is 1.16. The van der Waals surface area contributed by atoms with Gasteiger partial charge in [-0.25, -0.2) is 9.97 Å². The van der Waals surface area contributed by atoms with Crippen molar-refractivity contribution in [2.45, 2.75) is 30.3 Å². The summed E-state index contributed by atoms with van der Waals surface area (Å²) in [6, 6.07) is 2.39. The van der Waals surface area contributed by atoms with Crippen molar-refractivity contribution in [3.63, 3.8) is 0 Å². The number of thioether (sulfide) groups is 1. The van der Waals surface area contributed by atoms with Gasteiger partial charge in [0.25, 0.3) is 0 Å². The number of hydrogen-bond donors (Lipinski definition) is 1. The Hall–Kier alpha value is -1.25. The molecule has 1 saturated carbocycles. The first-order valence-corrected chi connectivity index (χ1v) is 7.72. The van der Waals surface area contributed by atoms with Crippen LogP contribution in [0.4, 0.5) is 5.82 Å². The minimum absolute atomic E-state index is 0.362. The Morgan fingerprint density at radius 2 is 2.26 bits per heavy atom. The van der Waals surface area contributed by atoms with E-state index < -0.39 is 0 Å². The number of halogens is 1. The third-order valence-electron chi connectivity index (χ3n) is 3.57. The quantitative estimate of drug-likeness (QED) is 0.392. The Morgan fingerprint density at radius 1 is 1.53 bits per heavy atom. The first-order chi connectivity index (χ1) is 9.09. The van der Waals surface area contributed by atoms with Crippen molar-refractivity contribution in [2.24, 2.45) is 5.41 Å². The average molecular weight is 293 g/mol. The van der Waals surface area contributed by atoms with Gasteiger partial charge in [-0.1, -0.05) is 11.6 Å². The second-order valence-corrected chi connectivity index (χ2v) is 6.07. The van der Waals surface area contributed by atoms with E-state index in [-0.39, 0.29) is 10.9 Å². The summed E-state index contributed by atoms with van der Waals surface area (Å²) in [5.74, 6) is 1.48. The van der Waals surface area contributed by atoms with E-state index in [1.165, 1.54) is 0 Å². The van der Waals surface area contributed by atoms with Crippen molar-refractivity contribution >= 4 is 35.3 Å². The van der Waals surface area contributed by atoms with Crippen molar-refractivity contribution in [1.29, 1.82) is 5.26 Å². The third-order valence-corrected chi connectivity index (χ3v) is 4.61. The van der Waals surface area contributed by atoms with Crippen molar-refractivity contribution in [2.75, 3.05) is 11.6 Å². The SMILES string of the molecule is CSc1nc(C)nc2c1C=C(C1(C#N)CC1)C(Cl)N2. The van der Waals surface area contributed by atoms with Crippen LogP contribution in [0.25, 0.3) is 6.08 Å². The van der Waals surface area contributed by atoms with Gasteiger partial charge in [-0.05, 0) is 37.7 Å². The molecule has 98 valence electrons. The predicted molar refractivity (Wildman–Crippen MR) is 77.1 cm³/mol. The monoisotopic (exact) mass is 292 g/mol. The van der Waals surface area contributed by atoms with Gasteiger partial charge in [-0.2, -0.15) is 5.26 Å². The maximum atomic E-state index is 9.33. The molecular weight excluding hydrogens is 280 g/mol. The zero-order chi connectivity index (χ0) is 13.6. The predicted octanol–water partition coefficient (Wildman–Crippen LogP) is 3.18. The number of nitrogens with one attached hydrogen (secondary N) is 1. The number of rotatable bonds is 2. The molecule has 2 aliphatic rings. The lowest BCUT2D eigenvalue weighted by Gasteiger charge is -2.26. The van der Waals surface area contributed by atoms with E-state index in [0.29, 0.717) is 0 Å². The Labute approximate surface area is 121 Å². The van der Waals surface area contributed by atoms with Crippen LogP contribution in [0.2, 0.25) is 0 Å². The topological polar surface area (TPSA) is 61.6 Å². The van der Waals surface area contributed by atoms with Gasteiger partial charge in [-0.15, -0.1) is 11.8 Å². The summed E-state index contributed by atoms with van der Waals surface area (Å²) in [5, 5.41) is 13.4. The Balaban J connectivity index is 2.14. The summed E-state index contributed by atoms with van der Waals surface area (Å²) in [6.07, 6.45) is 5.76. The fourth-order valence-corrected chi connectivity index (χ4v) is 3.32. The van der Waals surface area contributed by atoms with Gasteiger partial charge in [0.05, 0.1) is 11.5 Å². The van der Waals surface area contributed by atoms with E-state index in [9.17, 15) is 5.26 Å². The van der Waals surface area contributed by atoms with Crippen LogP contribution in [0.3, 0.4) is 0 Å². The van der Waals surface area contributed by atoms with E-state index in [2.05, 4.69) is 21.4 Å². The largest absolute Gasteiger partial charge is 0.350 e. The van der Waals surface area contributed by atoms with Crippen LogP contribution >= 0.6 is 23.4 Å². The Morgan fingerprint density at radius 3 is 2.84 bits per heavy atom.